The Morgan fingerprint density at radius 1 is 1.67 bits per heavy atom. The first kappa shape index (κ1) is 9.94. The first-order valence-electron chi connectivity index (χ1n) is 1.44. The van der Waals surface area contributed by atoms with Gasteiger partial charge in [-0.05, 0) is 6.82 Å². The SMILES string of the molecule is COB(C)I.[B]. The second kappa shape index (κ2) is 5.82. The Labute approximate surface area is 54.4 Å². The van der Waals surface area contributed by atoms with Crippen molar-refractivity contribution in [3.8, 4) is 0 Å². The molecule has 0 unspecified atom stereocenters. The molecule has 0 N–H and O–H groups in total. The summed E-state index contributed by atoms with van der Waals surface area (Å²) in [6, 6.07) is 0. The van der Waals surface area contributed by atoms with E-state index in [9.17, 15) is 0 Å². The lowest BCUT2D eigenvalue weighted by Gasteiger charge is -1.86. The molecule has 1 nitrogen and oxygen atoms in total. The van der Waals surface area contributed by atoms with Crippen molar-refractivity contribution >= 4 is 35.6 Å². The Kier molecular flexibility index (Phi) is 9.64. The molecule has 0 atom stereocenters. The van der Waals surface area contributed by atoms with Crippen molar-refractivity contribution in [2.24, 2.45) is 0 Å². The van der Waals surface area contributed by atoms with Gasteiger partial charge in [0.15, 0.2) is 0 Å². The van der Waals surface area contributed by atoms with Gasteiger partial charge in [-0.15, -0.1) is 22.4 Å². The van der Waals surface area contributed by atoms with Crippen molar-refractivity contribution in [2.45, 2.75) is 6.82 Å². The fourth-order valence-electron chi connectivity index (χ4n) is 0. The van der Waals surface area contributed by atoms with Crippen molar-refractivity contribution in [3.63, 3.8) is 0 Å². The molecule has 0 aliphatic rings. The smallest absolute Gasteiger partial charge is 0.361 e. The van der Waals surface area contributed by atoms with E-state index in [1.54, 1.807) is 7.11 Å². The zero-order valence-electron chi connectivity index (χ0n) is 3.94. The van der Waals surface area contributed by atoms with Crippen LogP contribution in [-0.2, 0) is 4.65 Å². The molecule has 0 spiro atoms. The van der Waals surface area contributed by atoms with Crippen molar-refractivity contribution in [2.75, 3.05) is 7.11 Å². The summed E-state index contributed by atoms with van der Waals surface area (Å²) in [5.41, 5.74) is 0. The molecule has 0 heterocycles. The highest BCUT2D eigenvalue weighted by Crippen LogP contribution is 1.89. The molecule has 0 bridgehead atoms. The molecular weight excluding hydrogens is 189 g/mol. The van der Waals surface area contributed by atoms with Crippen molar-refractivity contribution < 1.29 is 4.65 Å². The molecule has 0 aliphatic carbocycles. The van der Waals surface area contributed by atoms with Crippen LogP contribution >= 0.6 is 22.4 Å². The lowest BCUT2D eigenvalue weighted by atomic mass is 10.1. The fraction of sp³-hybridized carbons (Fsp3) is 1.00. The maximum atomic E-state index is 4.74. The molecule has 0 aromatic carbocycles. The van der Waals surface area contributed by atoms with Gasteiger partial charge in [0.1, 0.15) is 0 Å². The Balaban J connectivity index is 0. The minimum atomic E-state index is 0. The van der Waals surface area contributed by atoms with Crippen LogP contribution in [0.2, 0.25) is 6.82 Å². The molecule has 0 fully saturated rings. The van der Waals surface area contributed by atoms with Gasteiger partial charge in [0.25, 0.3) is 0 Å². The summed E-state index contributed by atoms with van der Waals surface area (Å²) in [6.45, 7) is 1.99. The van der Waals surface area contributed by atoms with Crippen LogP contribution in [0.4, 0.5) is 0 Å². The van der Waals surface area contributed by atoms with Gasteiger partial charge in [0, 0.05) is 15.5 Å². The zero-order chi connectivity index (χ0) is 4.28. The Morgan fingerprint density at radius 3 is 1.83 bits per heavy atom. The highest BCUT2D eigenvalue weighted by molar-refractivity contribution is 14.1. The average molecular weight is 195 g/mol. The topological polar surface area (TPSA) is 9.23 Å². The third-order valence-corrected chi connectivity index (χ3v) is 0.833. The van der Waals surface area contributed by atoms with Gasteiger partial charge in [-0.1, -0.05) is 0 Å². The predicted octanol–water partition coefficient (Wildman–Crippen LogP) is 0.805. The first-order valence-corrected chi connectivity index (χ1v) is 2.69. The van der Waals surface area contributed by atoms with Gasteiger partial charge in [-0.25, -0.2) is 0 Å². The zero-order valence-corrected chi connectivity index (χ0v) is 6.10. The second-order valence-electron chi connectivity index (χ2n) is 0.779. The lowest BCUT2D eigenvalue weighted by Crippen LogP contribution is -1.95. The maximum Gasteiger partial charge on any atom is 0.361 e. The van der Waals surface area contributed by atoms with E-state index in [1.807, 2.05) is 6.82 Å². The van der Waals surface area contributed by atoms with Crippen molar-refractivity contribution in [3.05, 3.63) is 0 Å². The summed E-state index contributed by atoms with van der Waals surface area (Å²) in [5.74, 6) is 0. The number of hydrogen-bond donors (Lipinski definition) is 0. The van der Waals surface area contributed by atoms with E-state index < -0.39 is 0 Å². The van der Waals surface area contributed by atoms with Gasteiger partial charge in [0.2, 0.25) is 0 Å². The molecule has 0 rings (SSSR count). The number of hydrogen-bond acceptors (Lipinski definition) is 1. The second-order valence-corrected chi connectivity index (χ2v) is 2.53. The van der Waals surface area contributed by atoms with Crippen LogP contribution in [-0.4, -0.2) is 20.3 Å². The van der Waals surface area contributed by atoms with Crippen molar-refractivity contribution in [1.82, 2.24) is 0 Å². The van der Waals surface area contributed by atoms with E-state index in [4.69, 9.17) is 4.65 Å². The van der Waals surface area contributed by atoms with E-state index in [1.165, 1.54) is 0 Å². The highest BCUT2D eigenvalue weighted by atomic mass is 127. The summed E-state index contributed by atoms with van der Waals surface area (Å²) < 4.78 is 5.09. The Morgan fingerprint density at radius 2 is 1.83 bits per heavy atom. The van der Waals surface area contributed by atoms with Crippen LogP contribution in [0.5, 0.6) is 0 Å². The van der Waals surface area contributed by atoms with Crippen LogP contribution in [0.25, 0.3) is 0 Å². The lowest BCUT2D eigenvalue weighted by molar-refractivity contribution is 0.444. The van der Waals surface area contributed by atoms with Gasteiger partial charge in [-0.3, -0.25) is 0 Å². The molecule has 0 amide bonds. The van der Waals surface area contributed by atoms with E-state index in [2.05, 4.69) is 22.4 Å². The van der Waals surface area contributed by atoms with Gasteiger partial charge in [0.05, 0.1) is 0 Å². The van der Waals surface area contributed by atoms with Crippen molar-refractivity contribution in [1.29, 1.82) is 0 Å². The largest absolute Gasteiger partial charge is 0.429 e. The van der Waals surface area contributed by atoms with E-state index >= 15 is 0 Å². The quantitative estimate of drug-likeness (QED) is 0.443. The maximum absolute atomic E-state index is 4.74. The van der Waals surface area contributed by atoms with Crippen LogP contribution < -0.4 is 0 Å². The minimum Gasteiger partial charge on any atom is -0.429 e. The van der Waals surface area contributed by atoms with Crippen LogP contribution in [0.1, 0.15) is 0 Å². The number of halogens is 1. The first-order chi connectivity index (χ1) is 2.27. The monoisotopic (exact) mass is 195 g/mol. The van der Waals surface area contributed by atoms with E-state index in [-0.39, 0.29) is 8.41 Å². The molecule has 4 heteroatoms. The Bertz CT molecular complexity index is 25.5. The summed E-state index contributed by atoms with van der Waals surface area (Å²) in [5, 5.41) is 0. The highest BCUT2D eigenvalue weighted by Gasteiger charge is 1.92. The summed E-state index contributed by atoms with van der Waals surface area (Å²) in [4.78, 5) is 0. The normalized spacial score (nSPS) is 6.50. The molecule has 33 valence electrons. The van der Waals surface area contributed by atoms with E-state index in [0.29, 0.717) is 4.77 Å². The van der Waals surface area contributed by atoms with Gasteiger partial charge < -0.3 is 4.65 Å². The Hall–Kier alpha value is 0.820. The summed E-state index contributed by atoms with van der Waals surface area (Å²) in [7, 11) is 1.69. The van der Waals surface area contributed by atoms with Gasteiger partial charge in [-0.2, -0.15) is 0 Å². The predicted molar refractivity (Wildman–Crippen MR) is 38.4 cm³/mol. The fourth-order valence-corrected chi connectivity index (χ4v) is 0. The molecule has 6 heavy (non-hydrogen) atoms. The molecule has 0 saturated carbocycles. The van der Waals surface area contributed by atoms with Gasteiger partial charge >= 0.3 is 4.77 Å². The third-order valence-electron chi connectivity index (χ3n) is 0.325. The molecule has 0 aromatic heterocycles. The average Bonchev–Trinajstić information content (AvgIpc) is 1.38. The van der Waals surface area contributed by atoms with Crippen LogP contribution in [0.15, 0.2) is 0 Å². The summed E-state index contributed by atoms with van der Waals surface area (Å²) in [6.07, 6.45) is 0. The number of rotatable bonds is 1. The molecule has 0 saturated heterocycles. The standard InChI is InChI=1S/C2H6BIO.B/c1-3(4)5-2;/h1-2H3;. The molecule has 3 radical (unpaired) electrons. The van der Waals surface area contributed by atoms with Crippen LogP contribution in [0, 0.1) is 0 Å². The summed E-state index contributed by atoms with van der Waals surface area (Å²) >= 11 is 2.18. The van der Waals surface area contributed by atoms with Crippen LogP contribution in [0.3, 0.4) is 0 Å². The molecule has 0 aromatic rings. The third kappa shape index (κ3) is 8.84. The molecular formula is C2H6B2IO. The minimum absolute atomic E-state index is 0. The van der Waals surface area contributed by atoms with E-state index in [0.717, 1.165) is 0 Å². The molecule has 0 aliphatic heterocycles.